The van der Waals surface area contributed by atoms with Crippen LogP contribution in [0.4, 0.5) is 0 Å². The lowest BCUT2D eigenvalue weighted by Gasteiger charge is -2.20. The Bertz CT molecular complexity index is 773. The van der Waals surface area contributed by atoms with Crippen LogP contribution in [0.1, 0.15) is 24.2 Å². The van der Waals surface area contributed by atoms with Crippen LogP contribution in [0, 0.1) is 0 Å². The van der Waals surface area contributed by atoms with Gasteiger partial charge in [-0.15, -0.1) is 0 Å². The maximum Gasteiger partial charge on any atom is 0.342 e. The summed E-state index contributed by atoms with van der Waals surface area (Å²) < 4.78 is 32.8. The first-order chi connectivity index (χ1) is 11.6. The molecule has 0 fully saturated rings. The van der Waals surface area contributed by atoms with Gasteiger partial charge in [0, 0.05) is 13.1 Å². The molecular weight excluding hydrogens is 348 g/mol. The molecule has 2 N–H and O–H groups in total. The largest absolute Gasteiger partial charge is 0.496 e. The van der Waals surface area contributed by atoms with E-state index in [1.807, 2.05) is 0 Å². The van der Waals surface area contributed by atoms with Gasteiger partial charge in [0.15, 0.2) is 6.61 Å². The standard InChI is InChI=1S/C16H22N2O6S/c1-5-18(9-11(2)3)15(19)10-24-16(20)13-8-12(25(17,21)22)6-7-14(13)23-4/h6-8H,2,5,9-10H2,1,3-4H3,(H2,17,21,22). The van der Waals surface area contributed by atoms with Crippen LogP contribution in [0.2, 0.25) is 0 Å². The molecule has 1 amide bonds. The monoisotopic (exact) mass is 370 g/mol. The molecule has 0 saturated carbocycles. The van der Waals surface area contributed by atoms with Crippen molar-refractivity contribution >= 4 is 21.9 Å². The fourth-order valence-electron chi connectivity index (χ4n) is 2.02. The molecule has 1 rings (SSSR count). The van der Waals surface area contributed by atoms with E-state index in [0.717, 1.165) is 11.6 Å². The number of hydrogen-bond acceptors (Lipinski definition) is 6. The minimum Gasteiger partial charge on any atom is -0.496 e. The van der Waals surface area contributed by atoms with Crippen molar-refractivity contribution in [3.63, 3.8) is 0 Å². The number of carbonyl (C=O) groups is 2. The highest BCUT2D eigenvalue weighted by atomic mass is 32.2. The van der Waals surface area contributed by atoms with Gasteiger partial charge in [-0.05, 0) is 32.0 Å². The second-order valence-electron chi connectivity index (χ2n) is 5.35. The summed E-state index contributed by atoms with van der Waals surface area (Å²) in [6.07, 6.45) is 0. The molecule has 9 heteroatoms. The van der Waals surface area contributed by atoms with Gasteiger partial charge in [-0.3, -0.25) is 4.79 Å². The Kier molecular flexibility index (Phi) is 7.13. The van der Waals surface area contributed by atoms with E-state index in [1.165, 1.54) is 24.1 Å². The van der Waals surface area contributed by atoms with Crippen LogP contribution < -0.4 is 9.88 Å². The van der Waals surface area contributed by atoms with E-state index in [9.17, 15) is 18.0 Å². The number of nitrogens with two attached hydrogens (primary N) is 1. The maximum atomic E-state index is 12.2. The third kappa shape index (κ3) is 5.87. The highest BCUT2D eigenvalue weighted by Gasteiger charge is 2.20. The molecule has 0 bridgehead atoms. The topological polar surface area (TPSA) is 116 Å². The zero-order chi connectivity index (χ0) is 19.2. The average molecular weight is 370 g/mol. The molecule has 0 spiro atoms. The summed E-state index contributed by atoms with van der Waals surface area (Å²) in [4.78, 5) is 25.5. The second-order valence-corrected chi connectivity index (χ2v) is 6.91. The van der Waals surface area contributed by atoms with Crippen molar-refractivity contribution in [2.45, 2.75) is 18.7 Å². The number of ether oxygens (including phenoxy) is 2. The maximum absolute atomic E-state index is 12.2. The first-order valence-electron chi connectivity index (χ1n) is 7.40. The van der Waals surface area contributed by atoms with E-state index in [0.29, 0.717) is 13.1 Å². The lowest BCUT2D eigenvalue weighted by atomic mass is 10.2. The minimum atomic E-state index is -3.99. The smallest absolute Gasteiger partial charge is 0.342 e. The first kappa shape index (κ1) is 20.7. The zero-order valence-electron chi connectivity index (χ0n) is 14.4. The number of hydrogen-bond donors (Lipinski definition) is 1. The van der Waals surface area contributed by atoms with E-state index in [4.69, 9.17) is 14.6 Å². The van der Waals surface area contributed by atoms with Gasteiger partial charge in [0.2, 0.25) is 10.0 Å². The van der Waals surface area contributed by atoms with Crippen molar-refractivity contribution in [2.75, 3.05) is 26.8 Å². The number of methoxy groups -OCH3 is 1. The lowest BCUT2D eigenvalue weighted by Crippen LogP contribution is -2.35. The number of amides is 1. The number of primary sulfonamides is 1. The summed E-state index contributed by atoms with van der Waals surface area (Å²) in [5.74, 6) is -1.17. The van der Waals surface area contributed by atoms with Gasteiger partial charge in [0.25, 0.3) is 5.91 Å². The molecular formula is C16H22N2O6S. The molecule has 25 heavy (non-hydrogen) atoms. The summed E-state index contributed by atoms with van der Waals surface area (Å²) in [7, 11) is -2.68. The number of carbonyl (C=O) groups excluding carboxylic acids is 2. The summed E-state index contributed by atoms with van der Waals surface area (Å²) in [5.41, 5.74) is 0.661. The van der Waals surface area contributed by atoms with Crippen LogP contribution in [0.3, 0.4) is 0 Å². The summed E-state index contributed by atoms with van der Waals surface area (Å²) in [6.45, 7) is 7.63. The third-order valence-electron chi connectivity index (χ3n) is 3.24. The number of esters is 1. The molecule has 8 nitrogen and oxygen atoms in total. The van der Waals surface area contributed by atoms with Crippen molar-refractivity contribution in [3.8, 4) is 5.75 Å². The van der Waals surface area contributed by atoms with Gasteiger partial charge in [0.1, 0.15) is 11.3 Å². The Morgan fingerprint density at radius 1 is 1.32 bits per heavy atom. The zero-order valence-corrected chi connectivity index (χ0v) is 15.3. The van der Waals surface area contributed by atoms with Crippen LogP contribution >= 0.6 is 0 Å². The van der Waals surface area contributed by atoms with Crippen LogP contribution in [0.15, 0.2) is 35.2 Å². The quantitative estimate of drug-likeness (QED) is 0.537. The molecule has 0 unspecified atom stereocenters. The lowest BCUT2D eigenvalue weighted by molar-refractivity contribution is -0.133. The van der Waals surface area contributed by atoms with Crippen molar-refractivity contribution in [1.82, 2.24) is 4.90 Å². The molecule has 0 aliphatic heterocycles. The normalized spacial score (nSPS) is 10.9. The highest BCUT2D eigenvalue weighted by Crippen LogP contribution is 2.22. The molecule has 138 valence electrons. The average Bonchev–Trinajstić information content (AvgIpc) is 2.55. The van der Waals surface area contributed by atoms with Crippen molar-refractivity contribution in [3.05, 3.63) is 35.9 Å². The number of benzene rings is 1. The van der Waals surface area contributed by atoms with Gasteiger partial charge < -0.3 is 14.4 Å². The highest BCUT2D eigenvalue weighted by molar-refractivity contribution is 7.89. The number of likely N-dealkylation sites (N-methyl/N-ethyl adjacent to an activating group) is 1. The Hall–Kier alpha value is -2.39. The van der Waals surface area contributed by atoms with E-state index in [1.54, 1.807) is 13.8 Å². The molecule has 0 radical (unpaired) electrons. The van der Waals surface area contributed by atoms with Crippen molar-refractivity contribution in [2.24, 2.45) is 5.14 Å². The fraction of sp³-hybridized carbons (Fsp3) is 0.375. The molecule has 0 saturated heterocycles. The van der Waals surface area contributed by atoms with E-state index in [2.05, 4.69) is 6.58 Å². The SMILES string of the molecule is C=C(C)CN(CC)C(=O)COC(=O)c1cc(S(N)(=O)=O)ccc1OC. The van der Waals surface area contributed by atoms with E-state index < -0.39 is 22.6 Å². The van der Waals surface area contributed by atoms with Crippen LogP contribution in [-0.2, 0) is 19.6 Å². The number of rotatable bonds is 8. The molecule has 0 aliphatic carbocycles. The van der Waals surface area contributed by atoms with Gasteiger partial charge in [0.05, 0.1) is 12.0 Å². The van der Waals surface area contributed by atoms with E-state index >= 15 is 0 Å². The Morgan fingerprint density at radius 3 is 2.44 bits per heavy atom. The van der Waals surface area contributed by atoms with Crippen LogP contribution in [0.25, 0.3) is 0 Å². The second kappa shape index (κ2) is 8.63. The summed E-state index contributed by atoms with van der Waals surface area (Å²) in [5, 5.41) is 5.05. The van der Waals surface area contributed by atoms with Crippen LogP contribution in [-0.4, -0.2) is 52.0 Å². The van der Waals surface area contributed by atoms with Crippen LogP contribution in [0.5, 0.6) is 5.75 Å². The van der Waals surface area contributed by atoms with Gasteiger partial charge >= 0.3 is 5.97 Å². The third-order valence-corrected chi connectivity index (χ3v) is 4.15. The summed E-state index contributed by atoms with van der Waals surface area (Å²) in [6, 6.07) is 3.55. The van der Waals surface area contributed by atoms with Crippen molar-refractivity contribution in [1.29, 1.82) is 0 Å². The Labute approximate surface area is 147 Å². The molecule has 1 aromatic rings. The predicted octanol–water partition coefficient (Wildman–Crippen LogP) is 0.924. The van der Waals surface area contributed by atoms with Gasteiger partial charge in [-0.2, -0.15) is 0 Å². The molecule has 1 aromatic carbocycles. The number of nitrogens with zero attached hydrogens (tertiary/aromatic N) is 1. The Morgan fingerprint density at radius 2 is 1.96 bits per heavy atom. The van der Waals surface area contributed by atoms with Gasteiger partial charge in [-0.25, -0.2) is 18.4 Å². The molecule has 0 aromatic heterocycles. The fourth-order valence-corrected chi connectivity index (χ4v) is 2.56. The molecule has 0 aliphatic rings. The number of sulfonamides is 1. The Balaban J connectivity index is 2.93. The summed E-state index contributed by atoms with van der Waals surface area (Å²) >= 11 is 0. The van der Waals surface area contributed by atoms with Gasteiger partial charge in [-0.1, -0.05) is 12.2 Å². The minimum absolute atomic E-state index is 0.110. The van der Waals surface area contributed by atoms with Crippen molar-refractivity contribution < 1.29 is 27.5 Å². The predicted molar refractivity (Wildman–Crippen MR) is 91.7 cm³/mol. The molecule has 0 heterocycles. The van der Waals surface area contributed by atoms with E-state index in [-0.39, 0.29) is 22.1 Å². The first-order valence-corrected chi connectivity index (χ1v) is 8.94. The molecule has 0 atom stereocenters.